The van der Waals surface area contributed by atoms with Crippen LogP contribution in [-0.4, -0.2) is 51.5 Å². The number of amides is 1. The Morgan fingerprint density at radius 3 is 2.47 bits per heavy atom. The number of carbonyl (C=O) groups excluding carboxylic acids is 2. The van der Waals surface area contributed by atoms with Gasteiger partial charge in [-0.25, -0.2) is 4.79 Å². The van der Waals surface area contributed by atoms with Crippen LogP contribution in [0.15, 0.2) is 42.5 Å². The second kappa shape index (κ2) is 11.8. The van der Waals surface area contributed by atoms with Crippen molar-refractivity contribution in [3.63, 3.8) is 0 Å². The molecule has 0 spiro atoms. The second-order valence-electron chi connectivity index (χ2n) is 9.82. The fourth-order valence-corrected chi connectivity index (χ4v) is 5.08. The Labute approximate surface area is 213 Å². The van der Waals surface area contributed by atoms with Crippen LogP contribution in [0.1, 0.15) is 66.4 Å². The lowest BCUT2D eigenvalue weighted by Crippen LogP contribution is -2.56. The lowest BCUT2D eigenvalue weighted by atomic mass is 9.75. The average molecular weight is 496 g/mol. The molecule has 2 aromatic carbocycles. The van der Waals surface area contributed by atoms with Crippen LogP contribution in [0.2, 0.25) is 0 Å². The van der Waals surface area contributed by atoms with Gasteiger partial charge in [0.25, 0.3) is 5.91 Å². The van der Waals surface area contributed by atoms with E-state index in [1.165, 1.54) is 18.2 Å². The van der Waals surface area contributed by atoms with Crippen LogP contribution in [0, 0.1) is 5.92 Å². The molecular weight excluding hydrogens is 458 g/mol. The van der Waals surface area contributed by atoms with Gasteiger partial charge >= 0.3 is 5.97 Å². The van der Waals surface area contributed by atoms with E-state index in [0.29, 0.717) is 48.3 Å². The van der Waals surface area contributed by atoms with E-state index in [4.69, 9.17) is 18.9 Å². The molecule has 4 rings (SSSR count). The Hall–Kier alpha value is -3.06. The molecule has 2 aliphatic rings. The lowest BCUT2D eigenvalue weighted by molar-refractivity contribution is -0.150. The fraction of sp³-hybridized carbons (Fsp3) is 0.517. The molecule has 0 atom stereocenters. The predicted octanol–water partition coefficient (Wildman–Crippen LogP) is 4.67. The van der Waals surface area contributed by atoms with Gasteiger partial charge in [0.1, 0.15) is 5.54 Å². The van der Waals surface area contributed by atoms with Crippen molar-refractivity contribution >= 4 is 11.9 Å². The first-order valence-electron chi connectivity index (χ1n) is 12.9. The maximum atomic E-state index is 13.2. The lowest BCUT2D eigenvalue weighted by Gasteiger charge is -2.38. The smallest absolute Gasteiger partial charge is 0.331 e. The zero-order chi connectivity index (χ0) is 25.5. The fourth-order valence-electron chi connectivity index (χ4n) is 5.08. The second-order valence-corrected chi connectivity index (χ2v) is 9.82. The summed E-state index contributed by atoms with van der Waals surface area (Å²) < 4.78 is 21.9. The largest absolute Gasteiger partial charge is 0.493 e. The van der Waals surface area contributed by atoms with Crippen LogP contribution in [-0.2, 0) is 20.7 Å². The molecule has 194 valence electrons. The highest BCUT2D eigenvalue weighted by Gasteiger charge is 2.44. The molecule has 1 amide bonds. The van der Waals surface area contributed by atoms with Crippen LogP contribution < -0.4 is 14.8 Å². The molecule has 0 radical (unpaired) electrons. The van der Waals surface area contributed by atoms with E-state index in [1.54, 1.807) is 25.3 Å². The van der Waals surface area contributed by atoms with E-state index in [2.05, 4.69) is 36.5 Å². The van der Waals surface area contributed by atoms with Crippen LogP contribution in [0.25, 0.3) is 0 Å². The van der Waals surface area contributed by atoms with Crippen molar-refractivity contribution in [1.82, 2.24) is 5.32 Å². The minimum atomic E-state index is -0.991. The highest BCUT2D eigenvalue weighted by Crippen LogP contribution is 2.35. The highest BCUT2D eigenvalue weighted by atomic mass is 16.5. The number of benzene rings is 2. The number of hydrogen-bond donors (Lipinski definition) is 1. The van der Waals surface area contributed by atoms with Gasteiger partial charge in [0.15, 0.2) is 11.5 Å². The third-order valence-electron chi connectivity index (χ3n) is 7.60. The van der Waals surface area contributed by atoms with Crippen LogP contribution in [0.4, 0.5) is 0 Å². The molecule has 0 aromatic heterocycles. The van der Waals surface area contributed by atoms with Crippen molar-refractivity contribution in [2.75, 3.05) is 34.0 Å². The quantitative estimate of drug-likeness (QED) is 0.482. The molecule has 1 N–H and O–H groups in total. The summed E-state index contributed by atoms with van der Waals surface area (Å²) in [7, 11) is 2.95. The number of nitrogens with one attached hydrogen (secondary N) is 1. The number of rotatable bonds is 10. The zero-order valence-electron chi connectivity index (χ0n) is 21.5. The molecule has 0 unspecified atom stereocenters. The summed E-state index contributed by atoms with van der Waals surface area (Å²) in [5.41, 5.74) is 1.91. The summed E-state index contributed by atoms with van der Waals surface area (Å²) in [4.78, 5) is 25.9. The minimum absolute atomic E-state index is 0.321. The van der Waals surface area contributed by atoms with Crippen molar-refractivity contribution in [2.24, 2.45) is 5.92 Å². The monoisotopic (exact) mass is 495 g/mol. The number of methoxy groups -OCH3 is 2. The molecule has 2 fully saturated rings. The van der Waals surface area contributed by atoms with Crippen molar-refractivity contribution < 1.29 is 28.5 Å². The number of ether oxygens (including phenoxy) is 4. The van der Waals surface area contributed by atoms with Gasteiger partial charge in [0.05, 0.1) is 34.0 Å². The van der Waals surface area contributed by atoms with Gasteiger partial charge in [-0.05, 0) is 60.9 Å². The molecule has 1 saturated carbocycles. The molecule has 1 aliphatic heterocycles. The normalized spacial score (nSPS) is 21.8. The molecule has 0 bridgehead atoms. The first-order chi connectivity index (χ1) is 17.5. The molecule has 1 heterocycles. The van der Waals surface area contributed by atoms with Gasteiger partial charge in [0.2, 0.25) is 0 Å². The van der Waals surface area contributed by atoms with E-state index in [0.717, 1.165) is 38.9 Å². The molecular formula is C29H37NO6. The molecule has 36 heavy (non-hydrogen) atoms. The van der Waals surface area contributed by atoms with E-state index in [-0.39, 0.29) is 11.9 Å². The number of hydrogen-bond acceptors (Lipinski definition) is 6. The summed E-state index contributed by atoms with van der Waals surface area (Å²) in [5.74, 6) is 1.40. The van der Waals surface area contributed by atoms with Crippen LogP contribution in [0.5, 0.6) is 11.5 Å². The molecule has 1 saturated heterocycles. The topological polar surface area (TPSA) is 83.1 Å². The summed E-state index contributed by atoms with van der Waals surface area (Å²) in [6.45, 7) is 4.16. The molecule has 7 heteroatoms. The van der Waals surface area contributed by atoms with Gasteiger partial charge in [-0.3, -0.25) is 4.79 Å². The standard InChI is InChI=1S/C29H37NO6/c1-4-20-10-13-29(14-11-20,28(32)34-3)30-27(31)23-8-9-25(33-2)26(17-23)36-15-12-21-6-5-7-22(16-21)24-18-35-19-24/h5-9,16-17,20,24H,4,10-15,18-19H2,1-3H3,(H,30,31)/t20-,29-. The number of carbonyl (C=O) groups is 2. The maximum Gasteiger partial charge on any atom is 0.331 e. The van der Waals surface area contributed by atoms with Crippen LogP contribution in [0.3, 0.4) is 0 Å². The Morgan fingerprint density at radius 2 is 1.83 bits per heavy atom. The summed E-state index contributed by atoms with van der Waals surface area (Å²) in [5, 5.41) is 3.00. The maximum absolute atomic E-state index is 13.2. The average Bonchev–Trinajstić information content (AvgIpc) is 2.87. The number of esters is 1. The molecule has 7 nitrogen and oxygen atoms in total. The highest BCUT2D eigenvalue weighted by molar-refractivity contribution is 5.98. The van der Waals surface area contributed by atoms with Crippen molar-refractivity contribution in [3.05, 3.63) is 59.2 Å². The Kier molecular flexibility index (Phi) is 8.52. The SMILES string of the molecule is CC[C@H]1CC[C@@](NC(=O)c2ccc(OC)c(OCCc3cccc(C4COC4)c3)c2)(C(=O)OC)CC1. The zero-order valence-corrected chi connectivity index (χ0v) is 21.5. The van der Waals surface area contributed by atoms with Gasteiger partial charge in [-0.2, -0.15) is 0 Å². The van der Waals surface area contributed by atoms with Crippen molar-refractivity contribution in [1.29, 1.82) is 0 Å². The Morgan fingerprint density at radius 1 is 1.06 bits per heavy atom. The van der Waals surface area contributed by atoms with Gasteiger partial charge < -0.3 is 24.3 Å². The van der Waals surface area contributed by atoms with Gasteiger partial charge in [-0.1, -0.05) is 37.6 Å². The Balaban J connectivity index is 1.42. The summed E-state index contributed by atoms with van der Waals surface area (Å²) in [6.07, 6.45) is 4.73. The minimum Gasteiger partial charge on any atom is -0.493 e. The van der Waals surface area contributed by atoms with E-state index in [1.807, 2.05) is 0 Å². The van der Waals surface area contributed by atoms with Crippen molar-refractivity contribution in [3.8, 4) is 11.5 Å². The first-order valence-corrected chi connectivity index (χ1v) is 12.9. The summed E-state index contributed by atoms with van der Waals surface area (Å²) in [6, 6.07) is 13.6. The van der Waals surface area contributed by atoms with E-state index in [9.17, 15) is 9.59 Å². The summed E-state index contributed by atoms with van der Waals surface area (Å²) >= 11 is 0. The van der Waals surface area contributed by atoms with Crippen LogP contribution >= 0.6 is 0 Å². The predicted molar refractivity (Wildman–Crippen MR) is 137 cm³/mol. The first kappa shape index (κ1) is 26.0. The van der Waals surface area contributed by atoms with E-state index < -0.39 is 5.54 Å². The Bertz CT molecular complexity index is 1060. The van der Waals surface area contributed by atoms with Crippen molar-refractivity contribution in [2.45, 2.75) is 56.9 Å². The molecule has 2 aromatic rings. The van der Waals surface area contributed by atoms with Gasteiger partial charge in [0, 0.05) is 17.9 Å². The third-order valence-corrected chi connectivity index (χ3v) is 7.60. The van der Waals surface area contributed by atoms with Gasteiger partial charge in [-0.15, -0.1) is 0 Å². The van der Waals surface area contributed by atoms with E-state index >= 15 is 0 Å². The molecule has 1 aliphatic carbocycles. The third kappa shape index (κ3) is 5.84.